The Bertz CT molecular complexity index is 313. The van der Waals surface area contributed by atoms with Crippen LogP contribution in [0.5, 0.6) is 0 Å². The van der Waals surface area contributed by atoms with Gasteiger partial charge in [-0.1, -0.05) is 33.6 Å². The number of carbonyl (C=O) groups excluding carboxylic acids is 1. The molecule has 1 saturated carbocycles. The summed E-state index contributed by atoms with van der Waals surface area (Å²) >= 11 is 0. The number of cyclic esters (lactones) is 1. The Morgan fingerprint density at radius 2 is 2.11 bits per heavy atom. The van der Waals surface area contributed by atoms with Gasteiger partial charge in [-0.25, -0.2) is 0 Å². The van der Waals surface area contributed by atoms with Gasteiger partial charge in [0, 0.05) is 0 Å². The van der Waals surface area contributed by atoms with Crippen molar-refractivity contribution in [1.82, 2.24) is 0 Å². The molecule has 2 fully saturated rings. The van der Waals surface area contributed by atoms with Crippen LogP contribution in [0, 0.1) is 17.3 Å². The SMILES string of the molecule is CC1CCCC(OC2COC(=O)C2(C)C(C)C)C1. The first kappa shape index (κ1) is 13.9. The van der Waals surface area contributed by atoms with Gasteiger partial charge in [-0.3, -0.25) is 4.79 Å². The van der Waals surface area contributed by atoms with Crippen LogP contribution in [-0.4, -0.2) is 24.8 Å². The van der Waals surface area contributed by atoms with Crippen LogP contribution in [0.3, 0.4) is 0 Å². The number of hydrogen-bond acceptors (Lipinski definition) is 3. The molecule has 0 bridgehead atoms. The summed E-state index contributed by atoms with van der Waals surface area (Å²) in [7, 11) is 0. The summed E-state index contributed by atoms with van der Waals surface area (Å²) in [6.07, 6.45) is 5.04. The summed E-state index contributed by atoms with van der Waals surface area (Å²) in [6, 6.07) is 0. The molecule has 4 atom stereocenters. The first-order chi connectivity index (χ1) is 8.44. The molecule has 0 aromatic carbocycles. The Balaban J connectivity index is 2.02. The fourth-order valence-corrected chi connectivity index (χ4v) is 3.13. The van der Waals surface area contributed by atoms with Crippen LogP contribution >= 0.6 is 0 Å². The van der Waals surface area contributed by atoms with Crippen molar-refractivity contribution >= 4 is 5.97 Å². The van der Waals surface area contributed by atoms with E-state index in [4.69, 9.17) is 9.47 Å². The maximum atomic E-state index is 12.0. The molecule has 18 heavy (non-hydrogen) atoms. The molecule has 0 aromatic rings. The van der Waals surface area contributed by atoms with E-state index < -0.39 is 5.41 Å². The van der Waals surface area contributed by atoms with Gasteiger partial charge in [0.05, 0.1) is 11.5 Å². The van der Waals surface area contributed by atoms with Gasteiger partial charge in [0.2, 0.25) is 0 Å². The second-order valence-electron chi connectivity index (χ2n) is 6.55. The van der Waals surface area contributed by atoms with Crippen molar-refractivity contribution in [3.05, 3.63) is 0 Å². The van der Waals surface area contributed by atoms with Crippen molar-refractivity contribution in [2.45, 2.75) is 65.6 Å². The third kappa shape index (κ3) is 2.42. The maximum Gasteiger partial charge on any atom is 0.314 e. The minimum Gasteiger partial charge on any atom is -0.462 e. The zero-order chi connectivity index (χ0) is 13.3. The van der Waals surface area contributed by atoms with Crippen molar-refractivity contribution in [2.24, 2.45) is 17.3 Å². The predicted octanol–water partition coefficient (Wildman–Crippen LogP) is 3.17. The van der Waals surface area contributed by atoms with Crippen molar-refractivity contribution in [1.29, 1.82) is 0 Å². The highest BCUT2D eigenvalue weighted by atomic mass is 16.6. The zero-order valence-electron chi connectivity index (χ0n) is 12.1. The average molecular weight is 254 g/mol. The van der Waals surface area contributed by atoms with Gasteiger partial charge in [0.25, 0.3) is 0 Å². The summed E-state index contributed by atoms with van der Waals surface area (Å²) in [6.45, 7) is 8.86. The van der Waals surface area contributed by atoms with E-state index in [0.717, 1.165) is 18.8 Å². The molecule has 2 rings (SSSR count). The van der Waals surface area contributed by atoms with Gasteiger partial charge in [-0.15, -0.1) is 0 Å². The predicted molar refractivity (Wildman–Crippen MR) is 70.2 cm³/mol. The number of carbonyl (C=O) groups is 1. The molecule has 3 heteroatoms. The molecule has 1 aliphatic heterocycles. The van der Waals surface area contributed by atoms with Gasteiger partial charge in [0.1, 0.15) is 12.7 Å². The summed E-state index contributed by atoms with van der Waals surface area (Å²) in [5.41, 5.74) is -0.472. The Labute approximate surface area is 110 Å². The van der Waals surface area contributed by atoms with Gasteiger partial charge in [-0.05, 0) is 31.6 Å². The van der Waals surface area contributed by atoms with E-state index in [-0.39, 0.29) is 18.0 Å². The fraction of sp³-hybridized carbons (Fsp3) is 0.933. The minimum absolute atomic E-state index is 0.0692. The van der Waals surface area contributed by atoms with Gasteiger partial charge in [-0.2, -0.15) is 0 Å². The maximum absolute atomic E-state index is 12.0. The molecule has 1 saturated heterocycles. The number of esters is 1. The van der Waals surface area contributed by atoms with Gasteiger partial charge < -0.3 is 9.47 Å². The molecule has 0 N–H and O–H groups in total. The quantitative estimate of drug-likeness (QED) is 0.726. The molecular weight excluding hydrogens is 228 g/mol. The number of rotatable bonds is 3. The van der Waals surface area contributed by atoms with Gasteiger partial charge >= 0.3 is 5.97 Å². The van der Waals surface area contributed by atoms with Crippen LogP contribution in [0.15, 0.2) is 0 Å². The lowest BCUT2D eigenvalue weighted by Gasteiger charge is -2.35. The lowest BCUT2D eigenvalue weighted by molar-refractivity contribution is -0.150. The summed E-state index contributed by atoms with van der Waals surface area (Å²) < 4.78 is 11.5. The van der Waals surface area contributed by atoms with Crippen molar-refractivity contribution in [2.75, 3.05) is 6.61 Å². The molecule has 1 aliphatic carbocycles. The third-order valence-corrected chi connectivity index (χ3v) is 4.92. The highest BCUT2D eigenvalue weighted by Crippen LogP contribution is 2.41. The van der Waals surface area contributed by atoms with Crippen molar-refractivity contribution in [3.63, 3.8) is 0 Å². The van der Waals surface area contributed by atoms with E-state index in [1.807, 2.05) is 6.92 Å². The Morgan fingerprint density at radius 1 is 1.39 bits per heavy atom. The van der Waals surface area contributed by atoms with E-state index in [9.17, 15) is 4.79 Å². The van der Waals surface area contributed by atoms with E-state index in [2.05, 4.69) is 20.8 Å². The smallest absolute Gasteiger partial charge is 0.314 e. The molecule has 0 spiro atoms. The minimum atomic E-state index is -0.472. The Hall–Kier alpha value is -0.570. The molecule has 0 radical (unpaired) electrons. The highest BCUT2D eigenvalue weighted by Gasteiger charge is 2.52. The second kappa shape index (κ2) is 5.20. The summed E-state index contributed by atoms with van der Waals surface area (Å²) in [4.78, 5) is 12.0. The molecule has 2 aliphatic rings. The Morgan fingerprint density at radius 3 is 2.72 bits per heavy atom. The fourth-order valence-electron chi connectivity index (χ4n) is 3.13. The number of hydrogen-bond donors (Lipinski definition) is 0. The second-order valence-corrected chi connectivity index (χ2v) is 6.55. The largest absolute Gasteiger partial charge is 0.462 e. The first-order valence-corrected chi connectivity index (χ1v) is 7.27. The topological polar surface area (TPSA) is 35.5 Å². The van der Waals surface area contributed by atoms with Crippen LogP contribution in [0.1, 0.15) is 53.4 Å². The molecule has 104 valence electrons. The molecule has 4 unspecified atom stereocenters. The van der Waals surface area contributed by atoms with Crippen LogP contribution in [-0.2, 0) is 14.3 Å². The van der Waals surface area contributed by atoms with Crippen LogP contribution in [0.4, 0.5) is 0 Å². The highest BCUT2D eigenvalue weighted by molar-refractivity contribution is 5.79. The molecule has 3 nitrogen and oxygen atoms in total. The molecule has 0 aromatic heterocycles. The number of ether oxygens (including phenoxy) is 2. The van der Waals surface area contributed by atoms with Gasteiger partial charge in [0.15, 0.2) is 0 Å². The first-order valence-electron chi connectivity index (χ1n) is 7.27. The van der Waals surface area contributed by atoms with Crippen LogP contribution < -0.4 is 0 Å². The molecular formula is C15H26O3. The van der Waals surface area contributed by atoms with E-state index in [1.54, 1.807) is 0 Å². The molecule has 1 heterocycles. The third-order valence-electron chi connectivity index (χ3n) is 4.92. The normalized spacial score (nSPS) is 41.2. The standard InChI is InChI=1S/C15H26O3/c1-10(2)15(4)13(9-17-14(15)16)18-12-7-5-6-11(3)8-12/h10-13H,5-9H2,1-4H3. The van der Waals surface area contributed by atoms with Crippen LogP contribution in [0.2, 0.25) is 0 Å². The lowest BCUT2D eigenvalue weighted by atomic mass is 9.75. The van der Waals surface area contributed by atoms with E-state index in [0.29, 0.717) is 12.7 Å². The summed E-state index contributed by atoms with van der Waals surface area (Å²) in [5.74, 6) is 0.900. The van der Waals surface area contributed by atoms with Crippen LogP contribution in [0.25, 0.3) is 0 Å². The Kier molecular flexibility index (Phi) is 4.00. The average Bonchev–Trinajstić information content (AvgIpc) is 2.59. The zero-order valence-corrected chi connectivity index (χ0v) is 12.1. The van der Waals surface area contributed by atoms with Crippen molar-refractivity contribution in [3.8, 4) is 0 Å². The van der Waals surface area contributed by atoms with E-state index in [1.165, 1.54) is 12.8 Å². The lowest BCUT2D eigenvalue weighted by Crippen LogP contribution is -2.43. The van der Waals surface area contributed by atoms with Crippen molar-refractivity contribution < 1.29 is 14.3 Å². The molecule has 0 amide bonds. The van der Waals surface area contributed by atoms with E-state index >= 15 is 0 Å². The monoisotopic (exact) mass is 254 g/mol. The summed E-state index contributed by atoms with van der Waals surface area (Å²) in [5, 5.41) is 0.